The van der Waals surface area contributed by atoms with Gasteiger partial charge >= 0.3 is 0 Å². The minimum absolute atomic E-state index is 0. The van der Waals surface area contributed by atoms with Gasteiger partial charge in [-0.2, -0.15) is 4.98 Å². The lowest BCUT2D eigenvalue weighted by molar-refractivity contribution is 0.271. The molecule has 0 spiro atoms. The third kappa shape index (κ3) is 3.90. The number of rotatable bonds is 5. The minimum atomic E-state index is -0.425. The zero-order valence-corrected chi connectivity index (χ0v) is 11.2. The van der Waals surface area contributed by atoms with Gasteiger partial charge in [0, 0.05) is 0 Å². The lowest BCUT2D eigenvalue weighted by Crippen LogP contribution is -2.09. The van der Waals surface area contributed by atoms with E-state index in [2.05, 4.69) is 10.1 Å². The van der Waals surface area contributed by atoms with Crippen LogP contribution in [0.5, 0.6) is 5.75 Å². The number of para-hydroxylation sites is 1. The van der Waals surface area contributed by atoms with Gasteiger partial charge < -0.3 is 15.0 Å². The molecule has 0 fully saturated rings. The van der Waals surface area contributed by atoms with E-state index in [9.17, 15) is 4.39 Å². The van der Waals surface area contributed by atoms with E-state index in [1.165, 1.54) is 12.1 Å². The van der Waals surface area contributed by atoms with Gasteiger partial charge in [-0.05, 0) is 18.6 Å². The fourth-order valence-electron chi connectivity index (χ4n) is 1.36. The maximum atomic E-state index is 13.3. The predicted molar refractivity (Wildman–Crippen MR) is 69.5 cm³/mol. The quantitative estimate of drug-likeness (QED) is 0.915. The molecule has 2 rings (SSSR count). The van der Waals surface area contributed by atoms with Gasteiger partial charge in [0.25, 0.3) is 0 Å². The van der Waals surface area contributed by atoms with Crippen molar-refractivity contribution in [3.8, 4) is 5.75 Å². The van der Waals surface area contributed by atoms with Crippen LogP contribution in [0, 0.1) is 5.82 Å². The average Bonchev–Trinajstić information content (AvgIpc) is 2.86. The van der Waals surface area contributed by atoms with E-state index < -0.39 is 5.82 Å². The zero-order valence-electron chi connectivity index (χ0n) is 10.4. The zero-order chi connectivity index (χ0) is 13.0. The van der Waals surface area contributed by atoms with E-state index in [0.717, 1.165) is 0 Å². The van der Waals surface area contributed by atoms with Crippen molar-refractivity contribution in [2.45, 2.75) is 26.0 Å². The van der Waals surface area contributed by atoms with Crippen LogP contribution >= 0.6 is 12.4 Å². The summed E-state index contributed by atoms with van der Waals surface area (Å²) in [7, 11) is 0. The first kappa shape index (κ1) is 15.4. The van der Waals surface area contributed by atoms with Gasteiger partial charge in [0.2, 0.25) is 11.7 Å². The molecule has 1 atom stereocenters. The highest BCUT2D eigenvalue weighted by Gasteiger charge is 2.13. The molecule has 0 aliphatic heterocycles. The van der Waals surface area contributed by atoms with Gasteiger partial charge in [0.05, 0.1) is 6.04 Å². The van der Waals surface area contributed by atoms with Crippen LogP contribution in [0.15, 0.2) is 28.8 Å². The molecule has 0 radical (unpaired) electrons. The monoisotopic (exact) mass is 287 g/mol. The predicted octanol–water partition coefficient (Wildman–Crippen LogP) is 2.62. The Labute approximate surface area is 116 Å². The highest BCUT2D eigenvalue weighted by molar-refractivity contribution is 5.85. The topological polar surface area (TPSA) is 74.2 Å². The molecule has 2 N–H and O–H groups in total. The van der Waals surface area contributed by atoms with E-state index in [1.807, 2.05) is 6.92 Å². The van der Waals surface area contributed by atoms with Crippen molar-refractivity contribution in [3.63, 3.8) is 0 Å². The number of nitrogens with zero attached hydrogens (tertiary/aromatic N) is 2. The largest absolute Gasteiger partial charge is 0.482 e. The molecule has 1 heterocycles. The van der Waals surface area contributed by atoms with Crippen LogP contribution in [-0.4, -0.2) is 10.1 Å². The molecular formula is C12H15ClFN3O2. The summed E-state index contributed by atoms with van der Waals surface area (Å²) in [6, 6.07) is 5.86. The first-order valence-corrected chi connectivity index (χ1v) is 5.66. The molecule has 104 valence electrons. The lowest BCUT2D eigenvalue weighted by Gasteiger charge is -2.03. The summed E-state index contributed by atoms with van der Waals surface area (Å²) in [6.45, 7) is 1.96. The molecule has 2 aromatic rings. The van der Waals surface area contributed by atoms with Crippen LogP contribution in [-0.2, 0) is 6.61 Å². The Balaban J connectivity index is 0.00000180. The maximum absolute atomic E-state index is 13.3. The van der Waals surface area contributed by atoms with E-state index >= 15 is 0 Å². The van der Waals surface area contributed by atoms with Crippen molar-refractivity contribution in [2.24, 2.45) is 5.73 Å². The van der Waals surface area contributed by atoms with Crippen LogP contribution in [0.1, 0.15) is 31.1 Å². The Morgan fingerprint density at radius 2 is 2.16 bits per heavy atom. The summed E-state index contributed by atoms with van der Waals surface area (Å²) < 4.78 is 23.5. The van der Waals surface area contributed by atoms with E-state index in [4.69, 9.17) is 15.0 Å². The van der Waals surface area contributed by atoms with Gasteiger partial charge in [-0.3, -0.25) is 0 Å². The molecule has 7 heteroatoms. The molecule has 0 aliphatic carbocycles. The van der Waals surface area contributed by atoms with Crippen LogP contribution in [0.3, 0.4) is 0 Å². The van der Waals surface area contributed by atoms with Crippen LogP contribution in [0.4, 0.5) is 4.39 Å². The number of nitrogens with two attached hydrogens (primary N) is 1. The second-order valence-electron chi connectivity index (χ2n) is 3.78. The molecule has 0 bridgehead atoms. The summed E-state index contributed by atoms with van der Waals surface area (Å²) >= 11 is 0. The minimum Gasteiger partial charge on any atom is -0.482 e. The summed E-state index contributed by atoms with van der Waals surface area (Å²) in [5.41, 5.74) is 5.74. The average molecular weight is 288 g/mol. The number of halogens is 2. The van der Waals surface area contributed by atoms with Crippen molar-refractivity contribution < 1.29 is 13.7 Å². The van der Waals surface area contributed by atoms with Crippen molar-refractivity contribution in [2.75, 3.05) is 0 Å². The molecule has 0 amide bonds. The highest BCUT2D eigenvalue weighted by atomic mass is 35.5. The summed E-state index contributed by atoms with van der Waals surface area (Å²) in [5.74, 6) is 0.442. The van der Waals surface area contributed by atoms with Crippen molar-refractivity contribution in [3.05, 3.63) is 41.8 Å². The molecule has 1 aromatic carbocycles. The number of hydrogen-bond acceptors (Lipinski definition) is 5. The van der Waals surface area contributed by atoms with Crippen molar-refractivity contribution in [1.82, 2.24) is 10.1 Å². The standard InChI is InChI=1S/C12H14FN3O2.ClH/c1-2-9(14)12-15-11(16-18-12)7-17-10-6-4-3-5-8(10)13;/h3-6,9H,2,7,14H2,1H3;1H/t9-;/m0./s1. The smallest absolute Gasteiger partial charge is 0.243 e. The number of hydrogen-bond donors (Lipinski definition) is 1. The Morgan fingerprint density at radius 1 is 1.42 bits per heavy atom. The summed E-state index contributed by atoms with van der Waals surface area (Å²) in [5, 5.41) is 3.72. The Kier molecular flexibility index (Phi) is 5.72. The molecule has 0 aliphatic rings. The van der Waals surface area contributed by atoms with E-state index in [1.54, 1.807) is 12.1 Å². The first-order valence-electron chi connectivity index (χ1n) is 5.66. The van der Waals surface area contributed by atoms with Gasteiger partial charge in [0.1, 0.15) is 0 Å². The van der Waals surface area contributed by atoms with Crippen LogP contribution in [0.2, 0.25) is 0 Å². The van der Waals surface area contributed by atoms with Gasteiger partial charge in [-0.1, -0.05) is 24.2 Å². The second kappa shape index (κ2) is 7.06. The molecule has 0 saturated carbocycles. The number of ether oxygens (including phenoxy) is 1. The Hall–Kier alpha value is -1.66. The first-order chi connectivity index (χ1) is 8.70. The van der Waals surface area contributed by atoms with E-state index in [-0.39, 0.29) is 30.8 Å². The van der Waals surface area contributed by atoms with E-state index in [0.29, 0.717) is 18.1 Å². The van der Waals surface area contributed by atoms with Gasteiger partial charge in [-0.15, -0.1) is 12.4 Å². The SMILES string of the molecule is CC[C@H](N)c1nc(COc2ccccc2F)no1.Cl. The third-order valence-electron chi connectivity index (χ3n) is 2.43. The highest BCUT2D eigenvalue weighted by Crippen LogP contribution is 2.17. The number of benzene rings is 1. The molecule has 5 nitrogen and oxygen atoms in total. The fourth-order valence-corrected chi connectivity index (χ4v) is 1.36. The van der Waals surface area contributed by atoms with Gasteiger partial charge in [0.15, 0.2) is 18.2 Å². The summed E-state index contributed by atoms with van der Waals surface area (Å²) in [6.07, 6.45) is 0.704. The van der Waals surface area contributed by atoms with Crippen molar-refractivity contribution in [1.29, 1.82) is 0 Å². The van der Waals surface area contributed by atoms with Crippen LogP contribution in [0.25, 0.3) is 0 Å². The van der Waals surface area contributed by atoms with Crippen molar-refractivity contribution >= 4 is 12.4 Å². The number of aromatic nitrogens is 2. The Bertz CT molecular complexity index is 521. The lowest BCUT2D eigenvalue weighted by atomic mass is 10.2. The summed E-state index contributed by atoms with van der Waals surface area (Å²) in [4.78, 5) is 4.08. The third-order valence-corrected chi connectivity index (χ3v) is 2.43. The second-order valence-corrected chi connectivity index (χ2v) is 3.78. The van der Waals surface area contributed by atoms with Gasteiger partial charge in [-0.25, -0.2) is 4.39 Å². The molecule has 19 heavy (non-hydrogen) atoms. The molecule has 1 aromatic heterocycles. The van der Waals surface area contributed by atoms with Crippen LogP contribution < -0.4 is 10.5 Å². The molecule has 0 saturated heterocycles. The normalized spacial score (nSPS) is 11.7. The maximum Gasteiger partial charge on any atom is 0.243 e. The molecular weight excluding hydrogens is 273 g/mol. The molecule has 0 unspecified atom stereocenters. The fraction of sp³-hybridized carbons (Fsp3) is 0.333. The Morgan fingerprint density at radius 3 is 2.84 bits per heavy atom.